The number of hydrogen-bond donors (Lipinski definition) is 0. The van der Waals surface area contributed by atoms with Crippen molar-refractivity contribution in [3.8, 4) is 0 Å². The van der Waals surface area contributed by atoms with Gasteiger partial charge in [-0.25, -0.2) is 0 Å². The number of nitrogens with zero attached hydrogens (tertiary/aromatic N) is 1. The van der Waals surface area contributed by atoms with Crippen LogP contribution < -0.4 is 0 Å². The SMILES string of the molecule is CC(C(=O)C12CC3CC(CC(C3)C1)C2)C1=NC(C)(C)Cc2ccccc21. The van der Waals surface area contributed by atoms with E-state index in [1.165, 1.54) is 30.4 Å². The molecule has 4 bridgehead atoms. The summed E-state index contributed by atoms with van der Waals surface area (Å²) < 4.78 is 0. The van der Waals surface area contributed by atoms with Gasteiger partial charge in [-0.2, -0.15) is 0 Å². The molecule has 4 fully saturated rings. The Hall–Kier alpha value is -1.44. The highest BCUT2D eigenvalue weighted by molar-refractivity contribution is 6.16. The van der Waals surface area contributed by atoms with E-state index < -0.39 is 0 Å². The third-order valence-electron chi connectivity index (χ3n) is 7.70. The van der Waals surface area contributed by atoms with Crippen LogP contribution in [-0.4, -0.2) is 17.0 Å². The molecule has 1 atom stereocenters. The Balaban J connectivity index is 1.50. The van der Waals surface area contributed by atoms with Crippen molar-refractivity contribution < 1.29 is 4.79 Å². The number of ketones is 1. The largest absolute Gasteiger partial charge is 0.298 e. The molecule has 1 aliphatic heterocycles. The van der Waals surface area contributed by atoms with Crippen LogP contribution in [0.4, 0.5) is 0 Å². The van der Waals surface area contributed by atoms with E-state index in [-0.39, 0.29) is 16.9 Å². The van der Waals surface area contributed by atoms with Crippen molar-refractivity contribution in [1.82, 2.24) is 0 Å². The monoisotopic (exact) mass is 349 g/mol. The van der Waals surface area contributed by atoms with Gasteiger partial charge in [0, 0.05) is 5.41 Å². The molecule has 0 N–H and O–H groups in total. The normalized spacial score (nSPS) is 37.8. The van der Waals surface area contributed by atoms with Crippen molar-refractivity contribution in [2.24, 2.45) is 34.1 Å². The van der Waals surface area contributed by atoms with Gasteiger partial charge in [-0.05, 0) is 94.6 Å². The third kappa shape index (κ3) is 2.52. The van der Waals surface area contributed by atoms with Gasteiger partial charge in [0.05, 0.1) is 17.2 Å². The van der Waals surface area contributed by atoms with Gasteiger partial charge in [0.25, 0.3) is 0 Å². The van der Waals surface area contributed by atoms with Crippen LogP contribution in [0.25, 0.3) is 0 Å². The van der Waals surface area contributed by atoms with Gasteiger partial charge in [-0.1, -0.05) is 24.3 Å². The highest BCUT2D eigenvalue weighted by atomic mass is 16.1. The molecule has 0 amide bonds. The van der Waals surface area contributed by atoms with Gasteiger partial charge in [0.1, 0.15) is 5.78 Å². The van der Waals surface area contributed by atoms with E-state index in [4.69, 9.17) is 4.99 Å². The number of carbonyl (C=O) groups excluding carboxylic acids is 1. The third-order valence-corrected chi connectivity index (χ3v) is 7.70. The first-order valence-electron chi connectivity index (χ1n) is 10.6. The summed E-state index contributed by atoms with van der Waals surface area (Å²) in [5, 5.41) is 0. The molecule has 1 unspecified atom stereocenters. The fourth-order valence-electron chi connectivity index (χ4n) is 7.14. The molecule has 0 aromatic heterocycles. The van der Waals surface area contributed by atoms with Crippen molar-refractivity contribution in [2.45, 2.75) is 71.3 Å². The quantitative estimate of drug-likeness (QED) is 0.734. The second-order valence-corrected chi connectivity index (χ2v) is 10.4. The summed E-state index contributed by atoms with van der Waals surface area (Å²) in [7, 11) is 0. The Morgan fingerprint density at radius 1 is 1.04 bits per heavy atom. The van der Waals surface area contributed by atoms with Crippen molar-refractivity contribution in [3.63, 3.8) is 0 Å². The molecular weight excluding hydrogens is 318 g/mol. The summed E-state index contributed by atoms with van der Waals surface area (Å²) >= 11 is 0. The van der Waals surface area contributed by atoms with E-state index in [9.17, 15) is 4.79 Å². The Labute approximate surface area is 157 Å². The van der Waals surface area contributed by atoms with Crippen LogP contribution in [0.5, 0.6) is 0 Å². The fraction of sp³-hybridized carbons (Fsp3) is 0.667. The lowest BCUT2D eigenvalue weighted by Crippen LogP contribution is -2.52. The van der Waals surface area contributed by atoms with Gasteiger partial charge in [-0.15, -0.1) is 0 Å². The molecular formula is C24H31NO. The lowest BCUT2D eigenvalue weighted by molar-refractivity contribution is -0.145. The Bertz CT molecular complexity index is 752. The maximum absolute atomic E-state index is 13.8. The first-order chi connectivity index (χ1) is 12.4. The summed E-state index contributed by atoms with van der Waals surface area (Å²) in [6.45, 7) is 6.54. The number of carbonyl (C=O) groups is 1. The predicted molar refractivity (Wildman–Crippen MR) is 106 cm³/mol. The summed E-state index contributed by atoms with van der Waals surface area (Å²) in [4.78, 5) is 18.9. The van der Waals surface area contributed by atoms with E-state index in [1.807, 2.05) is 0 Å². The van der Waals surface area contributed by atoms with Gasteiger partial charge in [0.2, 0.25) is 0 Å². The lowest BCUT2D eigenvalue weighted by Gasteiger charge is -2.56. The zero-order valence-electron chi connectivity index (χ0n) is 16.4. The molecule has 1 heterocycles. The van der Waals surface area contributed by atoms with Gasteiger partial charge in [0.15, 0.2) is 0 Å². The van der Waals surface area contributed by atoms with E-state index >= 15 is 0 Å². The number of aliphatic imine (C=N–C) groups is 1. The standard InChI is InChI=1S/C24H31NO/c1-15(21-20-7-5-4-6-19(20)14-23(2,3)25-21)22(26)24-11-16-8-17(12-24)10-18(9-16)13-24/h4-7,15-18H,8-14H2,1-3H3. The second-order valence-electron chi connectivity index (χ2n) is 10.4. The Morgan fingerprint density at radius 3 is 2.23 bits per heavy atom. The molecule has 26 heavy (non-hydrogen) atoms. The molecule has 2 nitrogen and oxygen atoms in total. The summed E-state index contributed by atoms with van der Waals surface area (Å²) in [6, 6.07) is 8.60. The van der Waals surface area contributed by atoms with Crippen molar-refractivity contribution >= 4 is 11.5 Å². The minimum absolute atomic E-state index is 0.0345. The molecule has 0 saturated heterocycles. The maximum atomic E-state index is 13.8. The van der Waals surface area contributed by atoms with Crippen LogP contribution >= 0.6 is 0 Å². The number of Topliss-reactive ketones (excluding diaryl/α,β-unsaturated/α-hetero) is 1. The van der Waals surface area contributed by atoms with Crippen LogP contribution in [0.3, 0.4) is 0 Å². The predicted octanol–water partition coefficient (Wildman–Crippen LogP) is 5.23. The zero-order valence-corrected chi connectivity index (χ0v) is 16.4. The van der Waals surface area contributed by atoms with E-state index in [2.05, 4.69) is 45.0 Å². The highest BCUT2D eigenvalue weighted by Gasteiger charge is 2.55. The van der Waals surface area contributed by atoms with E-state index in [0.717, 1.165) is 49.1 Å². The molecule has 2 heteroatoms. The Morgan fingerprint density at radius 2 is 1.62 bits per heavy atom. The van der Waals surface area contributed by atoms with Gasteiger partial charge in [-0.3, -0.25) is 9.79 Å². The molecule has 1 aromatic carbocycles. The van der Waals surface area contributed by atoms with Crippen LogP contribution in [0.15, 0.2) is 29.3 Å². The first kappa shape index (κ1) is 16.7. The van der Waals surface area contributed by atoms with Crippen LogP contribution in [0, 0.1) is 29.1 Å². The summed E-state index contributed by atoms with van der Waals surface area (Å²) in [6.07, 6.45) is 8.58. The average Bonchev–Trinajstić information content (AvgIpc) is 2.57. The second kappa shape index (κ2) is 5.53. The van der Waals surface area contributed by atoms with Crippen LogP contribution in [-0.2, 0) is 11.2 Å². The molecule has 5 aliphatic rings. The van der Waals surface area contributed by atoms with Crippen LogP contribution in [0.2, 0.25) is 0 Å². The van der Waals surface area contributed by atoms with Crippen molar-refractivity contribution in [2.75, 3.05) is 0 Å². The number of benzene rings is 1. The number of rotatable bonds is 3. The molecule has 1 aromatic rings. The number of fused-ring (bicyclic) bond motifs is 1. The minimum Gasteiger partial charge on any atom is -0.298 e. The van der Waals surface area contributed by atoms with Crippen LogP contribution in [0.1, 0.15) is 70.4 Å². The smallest absolute Gasteiger partial charge is 0.147 e. The van der Waals surface area contributed by atoms with Gasteiger partial charge >= 0.3 is 0 Å². The Kier molecular flexibility index (Phi) is 3.56. The molecule has 6 rings (SSSR count). The summed E-state index contributed by atoms with van der Waals surface area (Å²) in [5.41, 5.74) is 3.48. The molecule has 0 spiro atoms. The van der Waals surface area contributed by atoms with Crippen molar-refractivity contribution in [3.05, 3.63) is 35.4 Å². The molecule has 138 valence electrons. The highest BCUT2D eigenvalue weighted by Crippen LogP contribution is 2.61. The molecule has 4 saturated carbocycles. The molecule has 0 radical (unpaired) electrons. The molecule has 4 aliphatic carbocycles. The van der Waals surface area contributed by atoms with E-state index in [1.54, 1.807) is 0 Å². The minimum atomic E-state index is -0.111. The van der Waals surface area contributed by atoms with Crippen molar-refractivity contribution in [1.29, 1.82) is 0 Å². The first-order valence-corrected chi connectivity index (χ1v) is 10.6. The zero-order chi connectivity index (χ0) is 18.1. The average molecular weight is 350 g/mol. The fourth-order valence-corrected chi connectivity index (χ4v) is 7.14. The number of hydrogen-bond acceptors (Lipinski definition) is 2. The lowest BCUT2D eigenvalue weighted by atomic mass is 9.47. The topological polar surface area (TPSA) is 29.4 Å². The summed E-state index contributed by atoms with van der Waals surface area (Å²) in [5.74, 6) is 2.87. The van der Waals surface area contributed by atoms with Gasteiger partial charge < -0.3 is 0 Å². The van der Waals surface area contributed by atoms with E-state index in [0.29, 0.717) is 5.78 Å². The maximum Gasteiger partial charge on any atom is 0.147 e.